The van der Waals surface area contributed by atoms with E-state index in [1.54, 1.807) is 24.1 Å². The molecule has 0 spiro atoms. The van der Waals surface area contributed by atoms with Crippen LogP contribution in [0.5, 0.6) is 0 Å². The number of nitrogens with zero attached hydrogens (tertiary/aromatic N) is 1. The molecule has 8 heteroatoms. The highest BCUT2D eigenvalue weighted by Gasteiger charge is 2.33. The first-order valence-corrected chi connectivity index (χ1v) is 10.4. The summed E-state index contributed by atoms with van der Waals surface area (Å²) in [5.41, 5.74) is 1.51. The smallest absolute Gasteiger partial charge is 0.251 e. The third-order valence-electron chi connectivity index (χ3n) is 5.31. The number of likely N-dealkylation sites (tertiary alicyclic amines) is 1. The topological polar surface area (TPSA) is 97.0 Å². The summed E-state index contributed by atoms with van der Waals surface area (Å²) in [7, 11) is 3.11. The predicted molar refractivity (Wildman–Crippen MR) is 113 cm³/mol. The number of carbonyl (C=O) groups excluding carboxylic acids is 3. The van der Waals surface area contributed by atoms with Crippen LogP contribution in [-0.4, -0.2) is 75.7 Å². The van der Waals surface area contributed by atoms with Crippen molar-refractivity contribution in [3.8, 4) is 0 Å². The van der Waals surface area contributed by atoms with E-state index in [9.17, 15) is 14.4 Å². The van der Waals surface area contributed by atoms with Gasteiger partial charge in [0, 0.05) is 46.0 Å². The third-order valence-corrected chi connectivity index (χ3v) is 5.31. The molecule has 2 rings (SSSR count). The van der Waals surface area contributed by atoms with Gasteiger partial charge >= 0.3 is 0 Å². The van der Waals surface area contributed by atoms with Crippen molar-refractivity contribution < 1.29 is 23.9 Å². The number of carbonyl (C=O) groups is 3. The van der Waals surface area contributed by atoms with Gasteiger partial charge in [0.15, 0.2) is 0 Å². The molecule has 166 valence electrons. The maximum Gasteiger partial charge on any atom is 0.251 e. The molecule has 0 bridgehead atoms. The zero-order valence-corrected chi connectivity index (χ0v) is 18.1. The summed E-state index contributed by atoms with van der Waals surface area (Å²) in [6.45, 7) is 4.10. The summed E-state index contributed by atoms with van der Waals surface area (Å²) in [5, 5.41) is 5.83. The molecule has 1 aliphatic heterocycles. The average Bonchev–Trinajstić information content (AvgIpc) is 2.75. The van der Waals surface area contributed by atoms with Gasteiger partial charge in [0.05, 0.1) is 0 Å². The molecule has 0 aliphatic carbocycles. The molecule has 3 amide bonds. The van der Waals surface area contributed by atoms with E-state index < -0.39 is 6.04 Å². The Balaban J connectivity index is 2.04. The fraction of sp³-hybridized carbons (Fsp3) is 0.591. The van der Waals surface area contributed by atoms with Crippen molar-refractivity contribution in [2.24, 2.45) is 5.92 Å². The highest BCUT2D eigenvalue weighted by atomic mass is 16.5. The minimum Gasteiger partial charge on any atom is -0.385 e. The largest absolute Gasteiger partial charge is 0.385 e. The van der Waals surface area contributed by atoms with Crippen molar-refractivity contribution in [3.05, 3.63) is 35.4 Å². The number of amides is 3. The minimum absolute atomic E-state index is 0.0484. The number of hydrogen-bond acceptors (Lipinski definition) is 5. The van der Waals surface area contributed by atoms with E-state index in [4.69, 9.17) is 9.47 Å². The van der Waals surface area contributed by atoms with Crippen LogP contribution in [0.1, 0.15) is 35.2 Å². The molecule has 1 unspecified atom stereocenters. The fourth-order valence-electron chi connectivity index (χ4n) is 3.64. The molecular formula is C22H33N3O5. The first-order valence-electron chi connectivity index (χ1n) is 10.4. The average molecular weight is 420 g/mol. The van der Waals surface area contributed by atoms with Crippen LogP contribution in [0.3, 0.4) is 0 Å². The standard InChI is InChI=1S/C22H33N3O5/c1-16-6-4-7-18(14-16)21(27)24-20(22(28)23-10-5-13-29-2)17-8-11-25(12-9-17)19(26)15-30-3/h4,6-7,14,17,20H,5,8-13,15H2,1-3H3,(H,23,28)(H,24,27). The maximum atomic E-state index is 12.9. The highest BCUT2D eigenvalue weighted by Crippen LogP contribution is 2.22. The number of hydrogen-bond donors (Lipinski definition) is 2. The van der Waals surface area contributed by atoms with Crippen LogP contribution in [0.4, 0.5) is 0 Å². The summed E-state index contributed by atoms with van der Waals surface area (Å²) in [5.74, 6) is -0.574. The molecule has 0 aromatic heterocycles. The Morgan fingerprint density at radius 3 is 2.53 bits per heavy atom. The number of ether oxygens (including phenoxy) is 2. The van der Waals surface area contributed by atoms with Gasteiger partial charge in [-0.25, -0.2) is 0 Å². The zero-order chi connectivity index (χ0) is 21.9. The maximum absolute atomic E-state index is 12.9. The van der Waals surface area contributed by atoms with Crippen LogP contribution in [0.25, 0.3) is 0 Å². The molecule has 0 saturated carbocycles. The molecule has 2 N–H and O–H groups in total. The van der Waals surface area contributed by atoms with Crippen LogP contribution in [0.15, 0.2) is 24.3 Å². The fourth-order valence-corrected chi connectivity index (χ4v) is 3.64. The number of rotatable bonds is 10. The molecule has 1 aromatic carbocycles. The van der Waals surface area contributed by atoms with E-state index >= 15 is 0 Å². The van der Waals surface area contributed by atoms with Crippen LogP contribution in [0.2, 0.25) is 0 Å². The predicted octanol–water partition coefficient (Wildman–Crippen LogP) is 1.13. The molecular weight excluding hydrogens is 386 g/mol. The van der Waals surface area contributed by atoms with Gasteiger partial charge in [0.25, 0.3) is 5.91 Å². The summed E-state index contributed by atoms with van der Waals surface area (Å²) < 4.78 is 9.94. The van der Waals surface area contributed by atoms with Gasteiger partial charge in [-0.15, -0.1) is 0 Å². The van der Waals surface area contributed by atoms with E-state index in [1.165, 1.54) is 7.11 Å². The summed E-state index contributed by atoms with van der Waals surface area (Å²) in [4.78, 5) is 39.5. The molecule has 30 heavy (non-hydrogen) atoms. The Bertz CT molecular complexity index is 716. The minimum atomic E-state index is -0.653. The molecule has 1 aliphatic rings. The Labute approximate surface area is 178 Å². The van der Waals surface area contributed by atoms with Crippen molar-refractivity contribution in [3.63, 3.8) is 0 Å². The molecule has 1 saturated heterocycles. The monoisotopic (exact) mass is 419 g/mol. The van der Waals surface area contributed by atoms with E-state index in [0.29, 0.717) is 51.1 Å². The zero-order valence-electron chi connectivity index (χ0n) is 18.1. The van der Waals surface area contributed by atoms with Gasteiger partial charge in [0.2, 0.25) is 11.8 Å². The number of nitrogens with one attached hydrogen (secondary N) is 2. The van der Waals surface area contributed by atoms with Crippen molar-refractivity contribution in [2.45, 2.75) is 32.2 Å². The normalized spacial score (nSPS) is 15.5. The van der Waals surface area contributed by atoms with Crippen LogP contribution < -0.4 is 10.6 Å². The lowest BCUT2D eigenvalue weighted by atomic mass is 9.88. The van der Waals surface area contributed by atoms with Crippen LogP contribution in [-0.2, 0) is 19.1 Å². The second kappa shape index (κ2) is 12.3. The first kappa shape index (κ1) is 23.8. The summed E-state index contributed by atoms with van der Waals surface area (Å²) >= 11 is 0. The highest BCUT2D eigenvalue weighted by molar-refractivity contribution is 5.97. The summed E-state index contributed by atoms with van der Waals surface area (Å²) in [6.07, 6.45) is 1.98. The Morgan fingerprint density at radius 1 is 1.17 bits per heavy atom. The quantitative estimate of drug-likeness (QED) is 0.554. The van der Waals surface area contributed by atoms with Gasteiger partial charge in [-0.1, -0.05) is 17.7 Å². The SMILES string of the molecule is COCCCNC(=O)C(NC(=O)c1cccc(C)c1)C1CCN(C(=O)COC)CC1. The van der Waals surface area contributed by atoms with Crippen LogP contribution >= 0.6 is 0 Å². The van der Waals surface area contributed by atoms with Crippen molar-refractivity contribution in [2.75, 3.05) is 47.1 Å². The number of benzene rings is 1. The van der Waals surface area contributed by atoms with Crippen molar-refractivity contribution >= 4 is 17.7 Å². The molecule has 8 nitrogen and oxygen atoms in total. The molecule has 1 atom stereocenters. The van der Waals surface area contributed by atoms with Crippen LogP contribution in [0, 0.1) is 12.8 Å². The molecule has 0 radical (unpaired) electrons. The summed E-state index contributed by atoms with van der Waals surface area (Å²) in [6, 6.07) is 6.63. The second-order valence-corrected chi connectivity index (χ2v) is 7.61. The second-order valence-electron chi connectivity index (χ2n) is 7.61. The first-order chi connectivity index (χ1) is 14.5. The molecule has 1 aromatic rings. The Morgan fingerprint density at radius 2 is 1.90 bits per heavy atom. The lowest BCUT2D eigenvalue weighted by molar-refractivity contribution is -0.136. The van der Waals surface area contributed by atoms with E-state index in [0.717, 1.165) is 5.56 Å². The van der Waals surface area contributed by atoms with E-state index in [1.807, 2.05) is 19.1 Å². The van der Waals surface area contributed by atoms with Gasteiger partial charge in [0.1, 0.15) is 12.6 Å². The number of piperidine rings is 1. The van der Waals surface area contributed by atoms with Gasteiger partial charge in [-0.2, -0.15) is 0 Å². The molecule has 1 fully saturated rings. The Hall–Kier alpha value is -2.45. The van der Waals surface area contributed by atoms with Gasteiger partial charge < -0.3 is 25.0 Å². The molecule has 1 heterocycles. The van der Waals surface area contributed by atoms with E-state index in [-0.39, 0.29) is 30.2 Å². The number of aryl methyl sites for hydroxylation is 1. The Kier molecular flexibility index (Phi) is 9.76. The van der Waals surface area contributed by atoms with E-state index in [2.05, 4.69) is 10.6 Å². The van der Waals surface area contributed by atoms with Crippen molar-refractivity contribution in [1.29, 1.82) is 0 Å². The lowest BCUT2D eigenvalue weighted by Crippen LogP contribution is -2.54. The van der Waals surface area contributed by atoms with Gasteiger partial charge in [-0.05, 0) is 44.2 Å². The third kappa shape index (κ3) is 7.11. The van der Waals surface area contributed by atoms with Gasteiger partial charge in [-0.3, -0.25) is 14.4 Å². The number of methoxy groups -OCH3 is 2. The van der Waals surface area contributed by atoms with Crippen molar-refractivity contribution in [1.82, 2.24) is 15.5 Å². The lowest BCUT2D eigenvalue weighted by Gasteiger charge is -2.35.